The van der Waals surface area contributed by atoms with Gasteiger partial charge in [0, 0.05) is 54.6 Å². The second kappa shape index (κ2) is 11.8. The standard InChI is InChI=1S/C26H31N7O/c1-3-14-33(15-4-2)25-17-26(34-16-12-20-9-7-8-13-27-20)31-24(30-25)19-29-32-23-18-28-22-11-6-5-10-21(22)23/h5-11,13,17-19,28,32H,3-4,12,14-16H2,1-2H3/b29-19+. The van der Waals surface area contributed by atoms with Crippen LogP contribution in [0.1, 0.15) is 38.2 Å². The Morgan fingerprint density at radius 1 is 1.06 bits per heavy atom. The van der Waals surface area contributed by atoms with Crippen LogP contribution in [0.4, 0.5) is 11.5 Å². The molecule has 0 saturated carbocycles. The lowest BCUT2D eigenvalue weighted by Gasteiger charge is -2.23. The van der Waals surface area contributed by atoms with E-state index in [-0.39, 0.29) is 0 Å². The number of anilines is 2. The number of nitrogens with one attached hydrogen (secondary N) is 2. The van der Waals surface area contributed by atoms with Crippen LogP contribution in [0.3, 0.4) is 0 Å². The molecule has 0 radical (unpaired) electrons. The molecule has 0 aliphatic rings. The number of H-pyrrole nitrogens is 1. The molecule has 0 aliphatic heterocycles. The summed E-state index contributed by atoms with van der Waals surface area (Å²) in [5, 5.41) is 5.47. The summed E-state index contributed by atoms with van der Waals surface area (Å²) in [6.45, 7) is 6.66. The van der Waals surface area contributed by atoms with Gasteiger partial charge in [0.2, 0.25) is 5.88 Å². The van der Waals surface area contributed by atoms with Gasteiger partial charge in [-0.2, -0.15) is 10.1 Å². The van der Waals surface area contributed by atoms with E-state index in [0.717, 1.165) is 54.0 Å². The van der Waals surface area contributed by atoms with Gasteiger partial charge in [-0.05, 0) is 31.0 Å². The SMILES string of the molecule is CCCN(CCC)c1cc(OCCc2ccccn2)nc(/C=N/Nc2c[nH]c3ccccc23)n1. The van der Waals surface area contributed by atoms with Crippen LogP contribution in [0.25, 0.3) is 10.9 Å². The van der Waals surface area contributed by atoms with Crippen molar-refractivity contribution in [1.82, 2.24) is 19.9 Å². The molecule has 3 aromatic heterocycles. The zero-order chi connectivity index (χ0) is 23.6. The zero-order valence-corrected chi connectivity index (χ0v) is 19.7. The van der Waals surface area contributed by atoms with Crippen molar-refractivity contribution in [2.24, 2.45) is 5.10 Å². The molecule has 4 aromatic rings. The first-order valence-electron chi connectivity index (χ1n) is 11.8. The zero-order valence-electron chi connectivity index (χ0n) is 19.7. The first-order valence-corrected chi connectivity index (χ1v) is 11.8. The Balaban J connectivity index is 1.52. The molecule has 0 aliphatic carbocycles. The maximum absolute atomic E-state index is 6.00. The molecule has 3 heterocycles. The highest BCUT2D eigenvalue weighted by Crippen LogP contribution is 2.22. The van der Waals surface area contributed by atoms with Crippen molar-refractivity contribution in [2.45, 2.75) is 33.1 Å². The summed E-state index contributed by atoms with van der Waals surface area (Å²) in [7, 11) is 0. The highest BCUT2D eigenvalue weighted by atomic mass is 16.5. The minimum Gasteiger partial charge on any atom is -0.477 e. The molecule has 34 heavy (non-hydrogen) atoms. The Hall–Kier alpha value is -3.94. The number of nitrogens with zero attached hydrogens (tertiary/aromatic N) is 5. The number of para-hydroxylation sites is 1. The molecule has 0 atom stereocenters. The predicted octanol–water partition coefficient (Wildman–Crippen LogP) is 5.05. The van der Waals surface area contributed by atoms with Crippen LogP contribution >= 0.6 is 0 Å². The quantitative estimate of drug-likeness (QED) is 0.229. The van der Waals surface area contributed by atoms with Crippen molar-refractivity contribution in [3.8, 4) is 5.88 Å². The summed E-state index contributed by atoms with van der Waals surface area (Å²) < 4.78 is 6.00. The maximum atomic E-state index is 6.00. The summed E-state index contributed by atoms with van der Waals surface area (Å²) in [5.41, 5.74) is 6.03. The van der Waals surface area contributed by atoms with Gasteiger partial charge in [-0.25, -0.2) is 4.98 Å². The van der Waals surface area contributed by atoms with Gasteiger partial charge in [0.05, 0.1) is 18.5 Å². The molecule has 0 spiro atoms. The smallest absolute Gasteiger partial charge is 0.219 e. The van der Waals surface area contributed by atoms with E-state index in [9.17, 15) is 0 Å². The third-order valence-corrected chi connectivity index (χ3v) is 5.31. The van der Waals surface area contributed by atoms with Crippen molar-refractivity contribution in [3.63, 3.8) is 0 Å². The van der Waals surface area contributed by atoms with Crippen molar-refractivity contribution in [1.29, 1.82) is 0 Å². The Kier molecular flexibility index (Phi) is 8.05. The van der Waals surface area contributed by atoms with Crippen molar-refractivity contribution in [2.75, 3.05) is 30.0 Å². The Morgan fingerprint density at radius 3 is 2.68 bits per heavy atom. The van der Waals surface area contributed by atoms with Gasteiger partial charge in [0.15, 0.2) is 5.82 Å². The average Bonchev–Trinajstić information content (AvgIpc) is 3.28. The number of pyridine rings is 1. The van der Waals surface area contributed by atoms with E-state index in [2.05, 4.69) is 44.2 Å². The van der Waals surface area contributed by atoms with Crippen molar-refractivity contribution in [3.05, 3.63) is 72.4 Å². The number of hydrogen-bond donors (Lipinski definition) is 2. The van der Waals surface area contributed by atoms with Gasteiger partial charge in [0.25, 0.3) is 0 Å². The first-order chi connectivity index (χ1) is 16.8. The number of ether oxygens (including phenoxy) is 1. The van der Waals surface area contributed by atoms with Crippen LogP contribution in [-0.2, 0) is 6.42 Å². The third-order valence-electron chi connectivity index (χ3n) is 5.31. The molecule has 176 valence electrons. The first kappa shape index (κ1) is 23.2. The van der Waals surface area contributed by atoms with E-state index in [1.165, 1.54) is 0 Å². The lowest BCUT2D eigenvalue weighted by atomic mass is 10.2. The summed E-state index contributed by atoms with van der Waals surface area (Å²) >= 11 is 0. The van der Waals surface area contributed by atoms with Gasteiger partial charge >= 0.3 is 0 Å². The summed E-state index contributed by atoms with van der Waals surface area (Å²) in [4.78, 5) is 19.2. The van der Waals surface area contributed by atoms with Crippen LogP contribution in [0, 0.1) is 0 Å². The number of hydrogen-bond acceptors (Lipinski definition) is 7. The topological polar surface area (TPSA) is 91.3 Å². The monoisotopic (exact) mass is 457 g/mol. The number of aromatic nitrogens is 4. The van der Waals surface area contributed by atoms with Gasteiger partial charge in [-0.1, -0.05) is 38.1 Å². The van der Waals surface area contributed by atoms with Crippen LogP contribution in [-0.4, -0.2) is 45.8 Å². The number of rotatable bonds is 12. The number of fused-ring (bicyclic) bond motifs is 1. The molecule has 0 saturated heterocycles. The lowest BCUT2D eigenvalue weighted by Crippen LogP contribution is -2.26. The second-order valence-corrected chi connectivity index (χ2v) is 7.95. The number of hydrazone groups is 1. The molecule has 0 fully saturated rings. The van der Waals surface area contributed by atoms with Gasteiger partial charge in [-0.15, -0.1) is 0 Å². The molecule has 4 rings (SSSR count). The lowest BCUT2D eigenvalue weighted by molar-refractivity contribution is 0.307. The Labute approximate surface area is 200 Å². The highest BCUT2D eigenvalue weighted by molar-refractivity contribution is 5.92. The Bertz CT molecular complexity index is 1200. The van der Waals surface area contributed by atoms with Gasteiger partial charge in [0.1, 0.15) is 5.82 Å². The van der Waals surface area contributed by atoms with E-state index in [0.29, 0.717) is 24.7 Å². The molecule has 0 unspecified atom stereocenters. The molecule has 0 bridgehead atoms. The number of aromatic amines is 1. The van der Waals surface area contributed by atoms with Crippen molar-refractivity contribution < 1.29 is 4.74 Å². The van der Waals surface area contributed by atoms with E-state index >= 15 is 0 Å². The molecule has 1 aromatic carbocycles. The van der Waals surface area contributed by atoms with Crippen LogP contribution in [0.15, 0.2) is 66.0 Å². The molecule has 2 N–H and O–H groups in total. The van der Waals surface area contributed by atoms with E-state index in [4.69, 9.17) is 9.72 Å². The van der Waals surface area contributed by atoms with E-state index in [1.54, 1.807) is 12.4 Å². The van der Waals surface area contributed by atoms with Gasteiger partial charge in [-0.3, -0.25) is 10.4 Å². The number of benzene rings is 1. The van der Waals surface area contributed by atoms with Crippen LogP contribution in [0.5, 0.6) is 5.88 Å². The minimum absolute atomic E-state index is 0.485. The van der Waals surface area contributed by atoms with E-state index < -0.39 is 0 Å². The molecule has 8 nitrogen and oxygen atoms in total. The third kappa shape index (κ3) is 6.10. The Morgan fingerprint density at radius 2 is 1.88 bits per heavy atom. The summed E-state index contributed by atoms with van der Waals surface area (Å²) in [5.74, 6) is 1.88. The molecular weight excluding hydrogens is 426 g/mol. The summed E-state index contributed by atoms with van der Waals surface area (Å²) in [6.07, 6.45) is 8.10. The fourth-order valence-electron chi connectivity index (χ4n) is 3.73. The van der Waals surface area contributed by atoms with Crippen molar-refractivity contribution >= 4 is 28.6 Å². The molecule has 0 amide bonds. The van der Waals surface area contributed by atoms with Crippen LogP contribution in [0.2, 0.25) is 0 Å². The van der Waals surface area contributed by atoms with Crippen LogP contribution < -0.4 is 15.1 Å². The second-order valence-electron chi connectivity index (χ2n) is 7.95. The normalized spacial score (nSPS) is 11.2. The average molecular weight is 458 g/mol. The predicted molar refractivity (Wildman–Crippen MR) is 138 cm³/mol. The highest BCUT2D eigenvalue weighted by Gasteiger charge is 2.11. The minimum atomic E-state index is 0.485. The van der Waals surface area contributed by atoms with Gasteiger partial charge < -0.3 is 14.6 Å². The van der Waals surface area contributed by atoms with E-state index in [1.807, 2.05) is 54.7 Å². The molecular formula is C26H31N7O. The fraction of sp³-hybridized carbons (Fsp3) is 0.308. The maximum Gasteiger partial charge on any atom is 0.219 e. The summed E-state index contributed by atoms with van der Waals surface area (Å²) in [6, 6.07) is 15.9. The largest absolute Gasteiger partial charge is 0.477 e. The fourth-order valence-corrected chi connectivity index (χ4v) is 3.73. The molecule has 8 heteroatoms.